The van der Waals surface area contributed by atoms with E-state index in [1.807, 2.05) is 11.5 Å². The van der Waals surface area contributed by atoms with Gasteiger partial charge in [-0.2, -0.15) is 0 Å². The lowest BCUT2D eigenvalue weighted by molar-refractivity contribution is 0.543. The highest BCUT2D eigenvalue weighted by Gasteiger charge is 2.09. The summed E-state index contributed by atoms with van der Waals surface area (Å²) in [7, 11) is 0. The standard InChI is InChI=1S/C7H14N4.2ClH/c1-5(2)11-4-9-10-7(11)6(3)8;;/h4-6H,8H2,1-3H3;2*1H. The lowest BCUT2D eigenvalue weighted by atomic mass is 10.3. The fourth-order valence-corrected chi connectivity index (χ4v) is 0.975. The van der Waals surface area contributed by atoms with Crippen LogP contribution in [0, 0.1) is 0 Å². The Labute approximate surface area is 90.7 Å². The molecule has 0 fully saturated rings. The van der Waals surface area contributed by atoms with Crippen molar-refractivity contribution < 1.29 is 0 Å². The second-order valence-electron chi connectivity index (χ2n) is 2.98. The van der Waals surface area contributed by atoms with Gasteiger partial charge in [-0.25, -0.2) is 0 Å². The zero-order valence-corrected chi connectivity index (χ0v) is 9.60. The lowest BCUT2D eigenvalue weighted by Gasteiger charge is -2.11. The van der Waals surface area contributed by atoms with Gasteiger partial charge in [0.25, 0.3) is 0 Å². The van der Waals surface area contributed by atoms with Gasteiger partial charge in [0, 0.05) is 6.04 Å². The number of nitrogens with two attached hydrogens (primary N) is 1. The van der Waals surface area contributed by atoms with Crippen LogP contribution in [-0.2, 0) is 0 Å². The minimum absolute atomic E-state index is 0. The molecule has 78 valence electrons. The van der Waals surface area contributed by atoms with Crippen LogP contribution in [0.25, 0.3) is 0 Å². The Hall–Kier alpha value is -0.320. The van der Waals surface area contributed by atoms with Crippen molar-refractivity contribution in [1.82, 2.24) is 14.8 Å². The van der Waals surface area contributed by atoms with Crippen molar-refractivity contribution in [1.29, 1.82) is 0 Å². The molecule has 1 aromatic rings. The van der Waals surface area contributed by atoms with E-state index >= 15 is 0 Å². The van der Waals surface area contributed by atoms with Gasteiger partial charge in [-0.15, -0.1) is 35.0 Å². The number of aromatic nitrogens is 3. The third kappa shape index (κ3) is 3.50. The Balaban J connectivity index is 0. The molecule has 2 N–H and O–H groups in total. The van der Waals surface area contributed by atoms with Gasteiger partial charge in [0.15, 0.2) is 0 Å². The maximum atomic E-state index is 5.67. The second-order valence-corrected chi connectivity index (χ2v) is 2.98. The molecule has 0 radical (unpaired) electrons. The van der Waals surface area contributed by atoms with Crippen LogP contribution in [0.4, 0.5) is 0 Å². The first-order chi connectivity index (χ1) is 5.13. The number of hydrogen-bond donors (Lipinski definition) is 1. The summed E-state index contributed by atoms with van der Waals surface area (Å²) >= 11 is 0. The summed E-state index contributed by atoms with van der Waals surface area (Å²) in [6, 6.07) is 0.339. The molecule has 0 aliphatic heterocycles. The average molecular weight is 227 g/mol. The van der Waals surface area contributed by atoms with Gasteiger partial charge in [0.05, 0.1) is 6.04 Å². The average Bonchev–Trinajstić information content (AvgIpc) is 2.32. The van der Waals surface area contributed by atoms with Crippen LogP contribution >= 0.6 is 24.8 Å². The van der Waals surface area contributed by atoms with Crippen molar-refractivity contribution in [2.45, 2.75) is 32.9 Å². The zero-order chi connectivity index (χ0) is 8.43. The summed E-state index contributed by atoms with van der Waals surface area (Å²) in [6.07, 6.45) is 1.71. The Bertz CT molecular complexity index is 212. The SMILES string of the molecule is CC(N)c1nncn1C(C)C.Cl.Cl. The molecule has 0 saturated carbocycles. The van der Waals surface area contributed by atoms with Crippen molar-refractivity contribution in [3.05, 3.63) is 12.2 Å². The predicted molar refractivity (Wildman–Crippen MR) is 57.5 cm³/mol. The molecule has 0 saturated heterocycles. The Morgan fingerprint density at radius 3 is 2.15 bits per heavy atom. The van der Waals surface area contributed by atoms with Crippen LogP contribution in [0.15, 0.2) is 6.33 Å². The lowest BCUT2D eigenvalue weighted by Crippen LogP contribution is -2.14. The van der Waals surface area contributed by atoms with Crippen molar-refractivity contribution in [3.63, 3.8) is 0 Å². The third-order valence-electron chi connectivity index (χ3n) is 1.56. The molecule has 0 spiro atoms. The number of rotatable bonds is 2. The fraction of sp³-hybridized carbons (Fsp3) is 0.714. The number of halogens is 2. The molecule has 0 aliphatic carbocycles. The summed E-state index contributed by atoms with van der Waals surface area (Å²) < 4.78 is 1.98. The minimum atomic E-state index is -0.0418. The van der Waals surface area contributed by atoms with Crippen LogP contribution < -0.4 is 5.73 Å². The topological polar surface area (TPSA) is 56.7 Å². The number of hydrogen-bond acceptors (Lipinski definition) is 3. The van der Waals surface area contributed by atoms with E-state index < -0.39 is 0 Å². The van der Waals surface area contributed by atoms with Crippen molar-refractivity contribution in [2.75, 3.05) is 0 Å². The maximum absolute atomic E-state index is 5.67. The monoisotopic (exact) mass is 226 g/mol. The van der Waals surface area contributed by atoms with Gasteiger partial charge in [-0.1, -0.05) is 0 Å². The predicted octanol–water partition coefficient (Wildman–Crippen LogP) is 1.72. The highest BCUT2D eigenvalue weighted by atomic mass is 35.5. The number of nitrogens with zero attached hydrogens (tertiary/aromatic N) is 3. The maximum Gasteiger partial charge on any atom is 0.149 e. The first kappa shape index (κ1) is 15.2. The molecule has 1 rings (SSSR count). The normalized spacial score (nSPS) is 11.8. The third-order valence-corrected chi connectivity index (χ3v) is 1.56. The van der Waals surface area contributed by atoms with E-state index in [-0.39, 0.29) is 30.9 Å². The largest absolute Gasteiger partial charge is 0.322 e. The van der Waals surface area contributed by atoms with E-state index in [1.165, 1.54) is 0 Å². The van der Waals surface area contributed by atoms with Crippen LogP contribution in [0.5, 0.6) is 0 Å². The Morgan fingerprint density at radius 1 is 1.31 bits per heavy atom. The summed E-state index contributed by atoms with van der Waals surface area (Å²) in [5.74, 6) is 0.847. The van der Waals surface area contributed by atoms with E-state index in [4.69, 9.17) is 5.73 Å². The highest BCUT2D eigenvalue weighted by molar-refractivity contribution is 5.85. The molecule has 4 nitrogen and oxygen atoms in total. The fourth-order valence-electron chi connectivity index (χ4n) is 0.975. The van der Waals surface area contributed by atoms with Gasteiger partial charge >= 0.3 is 0 Å². The minimum Gasteiger partial charge on any atom is -0.322 e. The van der Waals surface area contributed by atoms with E-state index in [1.54, 1.807) is 6.33 Å². The molecule has 0 aliphatic rings. The zero-order valence-electron chi connectivity index (χ0n) is 7.97. The smallest absolute Gasteiger partial charge is 0.149 e. The van der Waals surface area contributed by atoms with E-state index in [9.17, 15) is 0 Å². The second kappa shape index (κ2) is 6.18. The molecule has 1 aromatic heterocycles. The molecule has 1 unspecified atom stereocenters. The van der Waals surface area contributed by atoms with Gasteiger partial charge in [-0.05, 0) is 20.8 Å². The van der Waals surface area contributed by atoms with Crippen LogP contribution in [0.3, 0.4) is 0 Å². The summed E-state index contributed by atoms with van der Waals surface area (Å²) in [6.45, 7) is 6.06. The molecule has 1 atom stereocenters. The Morgan fingerprint density at radius 2 is 1.85 bits per heavy atom. The first-order valence-electron chi connectivity index (χ1n) is 3.78. The quantitative estimate of drug-likeness (QED) is 0.836. The van der Waals surface area contributed by atoms with E-state index in [0.717, 1.165) is 5.82 Å². The van der Waals surface area contributed by atoms with E-state index in [0.29, 0.717) is 6.04 Å². The van der Waals surface area contributed by atoms with Crippen molar-refractivity contribution >= 4 is 24.8 Å². The molecule has 13 heavy (non-hydrogen) atoms. The molecular formula is C7H16Cl2N4. The van der Waals surface area contributed by atoms with Gasteiger partial charge in [0.2, 0.25) is 0 Å². The van der Waals surface area contributed by atoms with E-state index in [2.05, 4.69) is 24.0 Å². The van der Waals surface area contributed by atoms with Crippen molar-refractivity contribution in [3.8, 4) is 0 Å². The Kier molecular flexibility index (Phi) is 7.21. The van der Waals surface area contributed by atoms with Crippen LogP contribution in [0.2, 0.25) is 0 Å². The molecular weight excluding hydrogens is 211 g/mol. The van der Waals surface area contributed by atoms with Gasteiger partial charge < -0.3 is 10.3 Å². The molecule has 0 bridgehead atoms. The van der Waals surface area contributed by atoms with Gasteiger partial charge in [0.1, 0.15) is 12.2 Å². The summed E-state index contributed by atoms with van der Waals surface area (Å²) in [5, 5.41) is 7.72. The summed E-state index contributed by atoms with van der Waals surface area (Å²) in [4.78, 5) is 0. The van der Waals surface area contributed by atoms with Gasteiger partial charge in [-0.3, -0.25) is 0 Å². The molecule has 6 heteroatoms. The molecule has 0 amide bonds. The highest BCUT2D eigenvalue weighted by Crippen LogP contribution is 2.11. The molecule has 0 aromatic carbocycles. The summed E-state index contributed by atoms with van der Waals surface area (Å²) in [5.41, 5.74) is 5.67. The van der Waals surface area contributed by atoms with Crippen LogP contribution in [-0.4, -0.2) is 14.8 Å². The van der Waals surface area contributed by atoms with Crippen LogP contribution in [0.1, 0.15) is 38.7 Å². The van der Waals surface area contributed by atoms with Crippen molar-refractivity contribution in [2.24, 2.45) is 5.73 Å². The molecule has 1 heterocycles. The first-order valence-corrected chi connectivity index (χ1v) is 3.78.